The van der Waals surface area contributed by atoms with Crippen LogP contribution in [0.15, 0.2) is 48.6 Å². The normalized spacial score (nSPS) is 14.2. The molecule has 0 aromatic heterocycles. The quantitative estimate of drug-likeness (QED) is 0.605. The first-order chi connectivity index (χ1) is 7.79. The summed E-state index contributed by atoms with van der Waals surface area (Å²) in [5.74, 6) is 0. The van der Waals surface area contributed by atoms with Crippen molar-refractivity contribution in [3.05, 3.63) is 60.2 Å². The number of allylic oxidation sites excluding steroid dienone is 2. The van der Waals surface area contributed by atoms with Gasteiger partial charge in [0.25, 0.3) is 0 Å². The summed E-state index contributed by atoms with van der Waals surface area (Å²) in [6, 6.07) is 11.2. The molecule has 0 radical (unpaired) electrons. The average molecular weight is 348 g/mol. The fraction of sp³-hybridized carbons (Fsp3) is 0.0833. The molecule has 0 heterocycles. The molecule has 1 nitrogen and oxygen atoms in total. The summed E-state index contributed by atoms with van der Waals surface area (Å²) in [6.45, 7) is 0. The van der Waals surface area contributed by atoms with Crippen LogP contribution in [-0.4, -0.2) is 0 Å². The van der Waals surface area contributed by atoms with Crippen LogP contribution in [0.25, 0.3) is 5.57 Å². The third kappa shape index (κ3) is 4.33. The first-order valence-corrected chi connectivity index (χ1v) is 8.66. The molecular weight excluding hydrogens is 335 g/mol. The summed E-state index contributed by atoms with van der Waals surface area (Å²) in [7, 11) is 9.63. The molecule has 1 aliphatic carbocycles. The van der Waals surface area contributed by atoms with E-state index in [9.17, 15) is 0 Å². The Bertz CT molecular complexity index is 363. The maximum atomic E-state index is 5.91. The number of nitrogens with two attached hydrogens (primary N) is 1. The summed E-state index contributed by atoms with van der Waals surface area (Å²) >= 11 is -0.106. The van der Waals surface area contributed by atoms with Gasteiger partial charge in [-0.3, -0.25) is 0 Å². The van der Waals surface area contributed by atoms with Gasteiger partial charge in [-0.05, 0) is 6.42 Å². The number of rotatable bonds is 1. The molecule has 0 spiro atoms. The zero-order valence-corrected chi connectivity index (χ0v) is 11.5. The molecule has 0 saturated heterocycles. The molecular formula is C12H12Cl2NPd-. The van der Waals surface area contributed by atoms with Crippen molar-refractivity contribution in [2.75, 3.05) is 0 Å². The van der Waals surface area contributed by atoms with Crippen molar-refractivity contribution in [3.8, 4) is 0 Å². The summed E-state index contributed by atoms with van der Waals surface area (Å²) in [6.07, 6.45) is 7.05. The van der Waals surface area contributed by atoms with Crippen molar-refractivity contribution in [1.29, 1.82) is 0 Å². The Morgan fingerprint density at radius 3 is 2.38 bits per heavy atom. The third-order valence-corrected chi connectivity index (χ3v) is 2.17. The van der Waals surface area contributed by atoms with Crippen molar-refractivity contribution < 1.29 is 15.9 Å². The molecule has 0 unspecified atom stereocenters. The van der Waals surface area contributed by atoms with Crippen LogP contribution in [0.5, 0.6) is 0 Å². The second-order valence-electron chi connectivity index (χ2n) is 3.15. The van der Waals surface area contributed by atoms with Crippen LogP contribution >= 0.6 is 19.1 Å². The number of hydrogen-bond donors (Lipinski definition) is 1. The number of benzene rings is 1. The molecule has 4 heteroatoms. The van der Waals surface area contributed by atoms with Gasteiger partial charge in [0.1, 0.15) is 0 Å². The van der Waals surface area contributed by atoms with Crippen molar-refractivity contribution in [2.24, 2.45) is 5.73 Å². The van der Waals surface area contributed by atoms with Crippen LogP contribution in [-0.2, 0) is 15.9 Å². The molecule has 2 N–H and O–H groups in total. The molecule has 0 fully saturated rings. The van der Waals surface area contributed by atoms with Crippen molar-refractivity contribution in [1.82, 2.24) is 0 Å². The molecule has 1 aromatic rings. The molecule has 16 heavy (non-hydrogen) atoms. The van der Waals surface area contributed by atoms with Crippen molar-refractivity contribution in [2.45, 2.75) is 6.42 Å². The van der Waals surface area contributed by atoms with Gasteiger partial charge in [0.05, 0.1) is 0 Å². The summed E-state index contributed by atoms with van der Waals surface area (Å²) in [5, 5.41) is 0. The van der Waals surface area contributed by atoms with Crippen molar-refractivity contribution in [3.63, 3.8) is 0 Å². The Morgan fingerprint density at radius 1 is 1.19 bits per heavy atom. The molecule has 0 amide bonds. The minimum absolute atomic E-state index is 0.106. The number of hydrogen-bond acceptors (Lipinski definition) is 1. The van der Waals surface area contributed by atoms with Crippen LogP contribution in [0.1, 0.15) is 12.0 Å². The minimum atomic E-state index is -0.106. The maximum absolute atomic E-state index is 5.91. The fourth-order valence-electron chi connectivity index (χ4n) is 1.48. The predicted molar refractivity (Wildman–Crippen MR) is 67.3 cm³/mol. The van der Waals surface area contributed by atoms with Gasteiger partial charge in [0.2, 0.25) is 0 Å². The van der Waals surface area contributed by atoms with E-state index >= 15 is 0 Å². The van der Waals surface area contributed by atoms with Gasteiger partial charge in [-0.15, -0.1) is 35.9 Å². The van der Waals surface area contributed by atoms with Crippen LogP contribution < -0.4 is 5.73 Å². The first kappa shape index (κ1) is 13.8. The van der Waals surface area contributed by atoms with E-state index in [4.69, 9.17) is 24.8 Å². The first-order valence-electron chi connectivity index (χ1n) is 4.66. The van der Waals surface area contributed by atoms with E-state index in [0.29, 0.717) is 0 Å². The van der Waals surface area contributed by atoms with Gasteiger partial charge in [0.15, 0.2) is 0 Å². The van der Waals surface area contributed by atoms with Crippen LogP contribution in [0.4, 0.5) is 0 Å². The van der Waals surface area contributed by atoms with E-state index in [1.54, 1.807) is 0 Å². The van der Waals surface area contributed by atoms with Gasteiger partial charge < -0.3 is 5.73 Å². The third-order valence-electron chi connectivity index (χ3n) is 2.17. The van der Waals surface area contributed by atoms with E-state index in [0.717, 1.165) is 18.0 Å². The molecule has 2 rings (SSSR count). The predicted octanol–water partition coefficient (Wildman–Crippen LogP) is 3.90. The van der Waals surface area contributed by atoms with Gasteiger partial charge in [0, 0.05) is 0 Å². The topological polar surface area (TPSA) is 26.0 Å². The van der Waals surface area contributed by atoms with Gasteiger partial charge in [-0.25, -0.2) is 0 Å². The van der Waals surface area contributed by atoms with Crippen LogP contribution in [0.2, 0.25) is 0 Å². The summed E-state index contributed by atoms with van der Waals surface area (Å²) in [4.78, 5) is 0. The average Bonchev–Trinajstić information content (AvgIpc) is 2.32. The summed E-state index contributed by atoms with van der Waals surface area (Å²) in [5.41, 5.74) is 8.26. The Hall–Kier alpha value is -0.228. The molecule has 0 aliphatic heterocycles. The molecule has 90 valence electrons. The van der Waals surface area contributed by atoms with E-state index < -0.39 is 0 Å². The van der Waals surface area contributed by atoms with Gasteiger partial charge >= 0.3 is 35.0 Å². The Balaban J connectivity index is 0.000000386. The Labute approximate surface area is 112 Å². The molecule has 0 atom stereocenters. The van der Waals surface area contributed by atoms with E-state index in [-0.39, 0.29) is 15.9 Å². The van der Waals surface area contributed by atoms with E-state index in [2.05, 4.69) is 30.4 Å². The standard InChI is InChI=1S/C12H12N.2ClH.Pd/c13-12-9-5-4-8-11(12)10-6-2-1-3-7-10;;;/h1-8H,9,13H2;2*1H;/q-1;;;+2/p-2. The van der Waals surface area contributed by atoms with Gasteiger partial charge in [-0.1, -0.05) is 18.2 Å². The Kier molecular flexibility index (Phi) is 6.88. The Morgan fingerprint density at radius 2 is 1.81 bits per heavy atom. The molecule has 0 saturated carbocycles. The van der Waals surface area contributed by atoms with Gasteiger partial charge in [-0.2, -0.15) is 11.6 Å². The second-order valence-corrected chi connectivity index (χ2v) is 5.51. The van der Waals surface area contributed by atoms with E-state index in [1.165, 1.54) is 5.56 Å². The fourth-order valence-corrected chi connectivity index (χ4v) is 1.48. The van der Waals surface area contributed by atoms with Crippen LogP contribution in [0.3, 0.4) is 0 Å². The summed E-state index contributed by atoms with van der Waals surface area (Å²) < 4.78 is 0. The monoisotopic (exact) mass is 346 g/mol. The second kappa shape index (κ2) is 7.95. The molecule has 0 bridgehead atoms. The molecule has 1 aromatic carbocycles. The number of halogens is 2. The van der Waals surface area contributed by atoms with Crippen LogP contribution in [0, 0.1) is 6.04 Å². The van der Waals surface area contributed by atoms with Crippen molar-refractivity contribution >= 4 is 24.6 Å². The van der Waals surface area contributed by atoms with E-state index in [1.807, 2.05) is 18.2 Å². The zero-order chi connectivity index (χ0) is 11.8. The SMILES string of the molecule is N[C-]1CC=CC=C1c1ccccc1.[Cl][Pd][Cl]. The zero-order valence-electron chi connectivity index (χ0n) is 8.48. The molecule has 1 aliphatic rings.